The lowest BCUT2D eigenvalue weighted by molar-refractivity contribution is 0.164. The van der Waals surface area contributed by atoms with Crippen LogP contribution in [-0.2, 0) is 5.41 Å². The topological polar surface area (TPSA) is 32.3 Å². The van der Waals surface area contributed by atoms with Gasteiger partial charge >= 0.3 is 0 Å². The molecule has 2 aliphatic rings. The molecule has 1 heterocycles. The van der Waals surface area contributed by atoms with Crippen molar-refractivity contribution in [3.63, 3.8) is 0 Å². The highest BCUT2D eigenvalue weighted by molar-refractivity contribution is 6.42. The van der Waals surface area contributed by atoms with E-state index in [-0.39, 0.29) is 16.9 Å². The van der Waals surface area contributed by atoms with Crippen molar-refractivity contribution < 1.29 is 5.11 Å². The van der Waals surface area contributed by atoms with Gasteiger partial charge in [0.05, 0.1) is 16.1 Å². The summed E-state index contributed by atoms with van der Waals surface area (Å²) < 4.78 is 0. The third kappa shape index (κ3) is 1.63. The van der Waals surface area contributed by atoms with Crippen LogP contribution in [0, 0.1) is 5.41 Å². The average Bonchev–Trinajstić information content (AvgIpc) is 2.71. The summed E-state index contributed by atoms with van der Waals surface area (Å²) in [5.41, 5.74) is 1.28. The molecule has 0 spiro atoms. The Bertz CT molecular complexity index is 493. The molecule has 0 radical (unpaired) electrons. The molecule has 0 bridgehead atoms. The molecule has 1 aliphatic carbocycles. The van der Waals surface area contributed by atoms with Gasteiger partial charge in [-0.1, -0.05) is 36.2 Å². The van der Waals surface area contributed by atoms with Gasteiger partial charge in [0.15, 0.2) is 0 Å². The van der Waals surface area contributed by atoms with Gasteiger partial charge < -0.3 is 10.4 Å². The normalized spacial score (nSPS) is 39.0. The number of aliphatic hydroxyl groups excluding tert-OH is 1. The summed E-state index contributed by atoms with van der Waals surface area (Å²) in [6.45, 7) is 4.11. The first-order valence-electron chi connectivity index (χ1n) is 6.31. The van der Waals surface area contributed by atoms with Crippen LogP contribution in [0.1, 0.15) is 25.3 Å². The van der Waals surface area contributed by atoms with Gasteiger partial charge in [0, 0.05) is 18.5 Å². The molecule has 3 rings (SSSR count). The first kappa shape index (κ1) is 12.7. The van der Waals surface area contributed by atoms with Gasteiger partial charge in [0.25, 0.3) is 0 Å². The summed E-state index contributed by atoms with van der Waals surface area (Å²) in [4.78, 5) is 0. The van der Waals surface area contributed by atoms with Crippen molar-refractivity contribution in [2.45, 2.75) is 31.3 Å². The minimum Gasteiger partial charge on any atom is -0.393 e. The molecule has 0 amide bonds. The van der Waals surface area contributed by atoms with Crippen molar-refractivity contribution in [1.29, 1.82) is 0 Å². The van der Waals surface area contributed by atoms with E-state index in [4.69, 9.17) is 23.2 Å². The van der Waals surface area contributed by atoms with Crippen LogP contribution in [-0.4, -0.2) is 24.3 Å². The highest BCUT2D eigenvalue weighted by atomic mass is 35.5. The van der Waals surface area contributed by atoms with Crippen LogP contribution in [0.15, 0.2) is 18.2 Å². The molecule has 2 nitrogen and oxygen atoms in total. The van der Waals surface area contributed by atoms with Gasteiger partial charge in [0.1, 0.15) is 0 Å². The zero-order valence-electron chi connectivity index (χ0n) is 10.3. The summed E-state index contributed by atoms with van der Waals surface area (Å²) in [6.07, 6.45) is 1.43. The molecule has 2 fully saturated rings. The van der Waals surface area contributed by atoms with Crippen molar-refractivity contribution in [3.8, 4) is 0 Å². The van der Waals surface area contributed by atoms with Crippen LogP contribution in [0.3, 0.4) is 0 Å². The molecule has 1 aromatic carbocycles. The van der Waals surface area contributed by atoms with Crippen LogP contribution in [0.5, 0.6) is 0 Å². The van der Waals surface area contributed by atoms with E-state index in [0.717, 1.165) is 25.9 Å². The molecule has 2 N–H and O–H groups in total. The third-order valence-corrected chi connectivity index (χ3v) is 5.58. The highest BCUT2D eigenvalue weighted by Gasteiger charge is 2.58. The maximum absolute atomic E-state index is 10.1. The Morgan fingerprint density at radius 2 is 2.00 bits per heavy atom. The lowest BCUT2D eigenvalue weighted by Gasteiger charge is -2.37. The second-order valence-corrected chi connectivity index (χ2v) is 6.75. The van der Waals surface area contributed by atoms with E-state index in [9.17, 15) is 5.11 Å². The molecule has 3 unspecified atom stereocenters. The second-order valence-electron chi connectivity index (χ2n) is 5.94. The fourth-order valence-corrected chi connectivity index (χ4v) is 4.18. The molecular formula is C14H17Cl2NO. The number of rotatable bonds is 1. The van der Waals surface area contributed by atoms with Crippen molar-refractivity contribution in [3.05, 3.63) is 33.8 Å². The number of hydrogen-bond acceptors (Lipinski definition) is 2. The second kappa shape index (κ2) is 4.11. The number of nitrogens with one attached hydrogen (secondary N) is 1. The summed E-state index contributed by atoms with van der Waals surface area (Å²) in [5, 5.41) is 14.7. The fourth-order valence-electron chi connectivity index (χ4n) is 3.88. The summed E-state index contributed by atoms with van der Waals surface area (Å²) in [7, 11) is 0. The van der Waals surface area contributed by atoms with Gasteiger partial charge in [-0.25, -0.2) is 0 Å². The Balaban J connectivity index is 2.10. The molecule has 1 aliphatic heterocycles. The summed E-state index contributed by atoms with van der Waals surface area (Å²) in [6, 6.07) is 5.88. The lowest BCUT2D eigenvalue weighted by Crippen LogP contribution is -2.38. The predicted molar refractivity (Wildman–Crippen MR) is 74.4 cm³/mol. The Labute approximate surface area is 117 Å². The quantitative estimate of drug-likeness (QED) is 0.832. The minimum absolute atomic E-state index is 0.0132. The van der Waals surface area contributed by atoms with Crippen LogP contribution < -0.4 is 5.32 Å². The van der Waals surface area contributed by atoms with Crippen LogP contribution in [0.25, 0.3) is 0 Å². The van der Waals surface area contributed by atoms with E-state index in [0.29, 0.717) is 10.0 Å². The standard InChI is InChI=1S/C14H17Cl2NO/c1-13-5-10(18)6-14(13,8-17-7-13)9-2-3-11(15)12(16)4-9/h2-4,10,17-18H,5-8H2,1H3. The Morgan fingerprint density at radius 1 is 1.22 bits per heavy atom. The number of halogens is 2. The summed E-state index contributed by atoms with van der Waals surface area (Å²) in [5.74, 6) is 0. The molecule has 1 aromatic rings. The molecule has 98 valence electrons. The Morgan fingerprint density at radius 3 is 2.72 bits per heavy atom. The molecule has 1 saturated heterocycles. The van der Waals surface area contributed by atoms with Gasteiger partial charge in [-0.15, -0.1) is 0 Å². The molecule has 0 aromatic heterocycles. The van der Waals surface area contributed by atoms with Crippen molar-refractivity contribution in [2.75, 3.05) is 13.1 Å². The number of hydrogen-bond donors (Lipinski definition) is 2. The van der Waals surface area contributed by atoms with Gasteiger partial charge in [-0.3, -0.25) is 0 Å². The van der Waals surface area contributed by atoms with E-state index in [1.54, 1.807) is 0 Å². The predicted octanol–water partition coefficient (Wildman–Crippen LogP) is 3.00. The zero-order chi connectivity index (χ0) is 13.0. The number of fused-ring (bicyclic) bond motifs is 1. The van der Waals surface area contributed by atoms with E-state index in [1.165, 1.54) is 5.56 Å². The third-order valence-electron chi connectivity index (χ3n) is 4.84. The fraction of sp³-hybridized carbons (Fsp3) is 0.571. The van der Waals surface area contributed by atoms with Crippen molar-refractivity contribution >= 4 is 23.2 Å². The molecule has 4 heteroatoms. The zero-order valence-corrected chi connectivity index (χ0v) is 11.9. The summed E-state index contributed by atoms with van der Waals surface area (Å²) >= 11 is 12.1. The van der Waals surface area contributed by atoms with E-state index in [2.05, 4.69) is 18.3 Å². The SMILES string of the molecule is CC12CNCC1(c1ccc(Cl)c(Cl)c1)CC(O)C2. The maximum atomic E-state index is 10.1. The maximum Gasteiger partial charge on any atom is 0.0595 e. The van der Waals surface area contributed by atoms with Crippen LogP contribution in [0.4, 0.5) is 0 Å². The van der Waals surface area contributed by atoms with Gasteiger partial charge in [-0.2, -0.15) is 0 Å². The Kier molecular flexibility index (Phi) is 2.91. The van der Waals surface area contributed by atoms with Crippen molar-refractivity contribution in [2.24, 2.45) is 5.41 Å². The number of aliphatic hydroxyl groups is 1. The lowest BCUT2D eigenvalue weighted by atomic mass is 9.65. The first-order chi connectivity index (χ1) is 8.47. The molecule has 3 atom stereocenters. The van der Waals surface area contributed by atoms with E-state index < -0.39 is 0 Å². The smallest absolute Gasteiger partial charge is 0.0595 e. The Hall–Kier alpha value is -0.280. The molecular weight excluding hydrogens is 269 g/mol. The van der Waals surface area contributed by atoms with E-state index in [1.807, 2.05) is 12.1 Å². The van der Waals surface area contributed by atoms with E-state index >= 15 is 0 Å². The monoisotopic (exact) mass is 285 g/mol. The number of benzene rings is 1. The van der Waals surface area contributed by atoms with Gasteiger partial charge in [-0.05, 0) is 36.0 Å². The molecule has 1 saturated carbocycles. The first-order valence-corrected chi connectivity index (χ1v) is 7.07. The van der Waals surface area contributed by atoms with Crippen LogP contribution >= 0.6 is 23.2 Å². The average molecular weight is 286 g/mol. The largest absolute Gasteiger partial charge is 0.393 e. The molecule has 18 heavy (non-hydrogen) atoms. The highest BCUT2D eigenvalue weighted by Crippen LogP contribution is 2.56. The van der Waals surface area contributed by atoms with Crippen LogP contribution in [0.2, 0.25) is 10.0 Å². The minimum atomic E-state index is -0.216. The van der Waals surface area contributed by atoms with Crippen molar-refractivity contribution in [1.82, 2.24) is 5.32 Å². The van der Waals surface area contributed by atoms with Gasteiger partial charge in [0.2, 0.25) is 0 Å².